The van der Waals surface area contributed by atoms with Gasteiger partial charge in [0, 0.05) is 29.5 Å². The van der Waals surface area contributed by atoms with Gasteiger partial charge < -0.3 is 9.64 Å². The Balaban J connectivity index is 2.11. The summed E-state index contributed by atoms with van der Waals surface area (Å²) in [6, 6.07) is 1.97. The van der Waals surface area contributed by atoms with Crippen molar-refractivity contribution in [3.8, 4) is 0 Å². The molecule has 0 unspecified atom stereocenters. The van der Waals surface area contributed by atoms with Gasteiger partial charge in [-0.2, -0.15) is 0 Å². The molecule has 0 radical (unpaired) electrons. The zero-order valence-electron chi connectivity index (χ0n) is 13.5. The minimum Gasteiger partial charge on any atom is -0.466 e. The standard InChI is InChI=1S/C17H23BrN2O3/c1-2-23-16(21)8-9-20(15-6-4-3-5-7-15)17(22)13-10-14(18)12-19-11-13/h10-12,15H,2-9H2,1H3. The number of pyridine rings is 1. The Hall–Kier alpha value is -1.43. The number of halogens is 1. The van der Waals surface area contributed by atoms with Gasteiger partial charge in [-0.3, -0.25) is 14.6 Å². The summed E-state index contributed by atoms with van der Waals surface area (Å²) in [5.41, 5.74) is 0.550. The highest BCUT2D eigenvalue weighted by atomic mass is 79.9. The number of carbonyl (C=O) groups is 2. The summed E-state index contributed by atoms with van der Waals surface area (Å²) in [6.45, 7) is 2.55. The molecule has 0 atom stereocenters. The first-order chi connectivity index (χ1) is 11.1. The molecule has 2 rings (SSSR count). The number of ether oxygens (including phenoxy) is 1. The predicted molar refractivity (Wildman–Crippen MR) is 91.1 cm³/mol. The first-order valence-electron chi connectivity index (χ1n) is 8.19. The number of carbonyl (C=O) groups excluding carboxylic acids is 2. The Morgan fingerprint density at radius 2 is 2.04 bits per heavy atom. The third-order valence-electron chi connectivity index (χ3n) is 4.09. The van der Waals surface area contributed by atoms with E-state index in [1.807, 2.05) is 4.90 Å². The molecule has 1 heterocycles. The second-order valence-corrected chi connectivity index (χ2v) is 6.65. The zero-order chi connectivity index (χ0) is 16.7. The Kier molecular flexibility index (Phi) is 7.02. The molecule has 1 fully saturated rings. The summed E-state index contributed by atoms with van der Waals surface area (Å²) in [5.74, 6) is -0.316. The van der Waals surface area contributed by atoms with Crippen molar-refractivity contribution in [3.05, 3.63) is 28.5 Å². The smallest absolute Gasteiger partial charge is 0.307 e. The Labute approximate surface area is 145 Å². The maximum absolute atomic E-state index is 12.9. The average Bonchev–Trinajstić information content (AvgIpc) is 2.56. The van der Waals surface area contributed by atoms with Gasteiger partial charge in [-0.25, -0.2) is 0 Å². The quantitative estimate of drug-likeness (QED) is 0.705. The molecule has 1 aromatic rings. The van der Waals surface area contributed by atoms with E-state index in [0.717, 1.165) is 30.2 Å². The number of hydrogen-bond donors (Lipinski definition) is 0. The number of aromatic nitrogens is 1. The van der Waals surface area contributed by atoms with E-state index in [-0.39, 0.29) is 24.3 Å². The van der Waals surface area contributed by atoms with E-state index < -0.39 is 0 Å². The summed E-state index contributed by atoms with van der Waals surface area (Å²) < 4.78 is 5.76. The van der Waals surface area contributed by atoms with Crippen molar-refractivity contribution in [3.63, 3.8) is 0 Å². The first-order valence-corrected chi connectivity index (χ1v) is 8.98. The van der Waals surface area contributed by atoms with Crippen LogP contribution >= 0.6 is 15.9 Å². The second-order valence-electron chi connectivity index (χ2n) is 5.74. The summed E-state index contributed by atoms with van der Waals surface area (Å²) in [5, 5.41) is 0. The summed E-state index contributed by atoms with van der Waals surface area (Å²) in [7, 11) is 0. The van der Waals surface area contributed by atoms with Crippen LogP contribution in [0.25, 0.3) is 0 Å². The lowest BCUT2D eigenvalue weighted by Gasteiger charge is -2.34. The SMILES string of the molecule is CCOC(=O)CCN(C(=O)c1cncc(Br)c1)C1CCCCC1. The third-order valence-corrected chi connectivity index (χ3v) is 4.52. The van der Waals surface area contributed by atoms with Crippen LogP contribution in [0.15, 0.2) is 22.9 Å². The van der Waals surface area contributed by atoms with Crippen LogP contribution < -0.4 is 0 Å². The molecule has 0 spiro atoms. The van der Waals surface area contributed by atoms with Crippen LogP contribution in [0.1, 0.15) is 55.8 Å². The van der Waals surface area contributed by atoms with Crippen molar-refractivity contribution in [2.24, 2.45) is 0 Å². The summed E-state index contributed by atoms with van der Waals surface area (Å²) >= 11 is 3.35. The van der Waals surface area contributed by atoms with Crippen LogP contribution in [0.4, 0.5) is 0 Å². The van der Waals surface area contributed by atoms with Crippen LogP contribution in [0.5, 0.6) is 0 Å². The molecule has 5 nitrogen and oxygen atoms in total. The van der Waals surface area contributed by atoms with Crippen LogP contribution in [-0.2, 0) is 9.53 Å². The molecular weight excluding hydrogens is 360 g/mol. The molecule has 1 aliphatic rings. The fraction of sp³-hybridized carbons (Fsp3) is 0.588. The minimum absolute atomic E-state index is 0.0602. The van der Waals surface area contributed by atoms with E-state index in [4.69, 9.17) is 4.74 Å². The molecule has 23 heavy (non-hydrogen) atoms. The molecule has 1 aromatic heterocycles. The lowest BCUT2D eigenvalue weighted by molar-refractivity contribution is -0.143. The van der Waals surface area contributed by atoms with Gasteiger partial charge in [0.05, 0.1) is 18.6 Å². The molecule has 0 aliphatic heterocycles. The number of hydrogen-bond acceptors (Lipinski definition) is 4. The molecular formula is C17H23BrN2O3. The highest BCUT2D eigenvalue weighted by Crippen LogP contribution is 2.24. The van der Waals surface area contributed by atoms with Crippen molar-refractivity contribution >= 4 is 27.8 Å². The van der Waals surface area contributed by atoms with Crippen molar-refractivity contribution in [2.75, 3.05) is 13.2 Å². The number of amides is 1. The van der Waals surface area contributed by atoms with E-state index in [1.54, 1.807) is 25.4 Å². The molecule has 1 aliphatic carbocycles. The predicted octanol–water partition coefficient (Wildman–Crippen LogP) is 3.57. The number of nitrogens with zero attached hydrogens (tertiary/aromatic N) is 2. The second kappa shape index (κ2) is 9.01. The van der Waals surface area contributed by atoms with Crippen LogP contribution in [0, 0.1) is 0 Å². The number of esters is 1. The molecule has 0 N–H and O–H groups in total. The Morgan fingerprint density at radius 3 is 2.70 bits per heavy atom. The average molecular weight is 383 g/mol. The van der Waals surface area contributed by atoms with Crippen LogP contribution in [0.2, 0.25) is 0 Å². The van der Waals surface area contributed by atoms with Crippen LogP contribution in [0.3, 0.4) is 0 Å². The van der Waals surface area contributed by atoms with E-state index in [2.05, 4.69) is 20.9 Å². The molecule has 0 saturated heterocycles. The highest BCUT2D eigenvalue weighted by molar-refractivity contribution is 9.10. The van der Waals surface area contributed by atoms with Gasteiger partial charge in [0.2, 0.25) is 0 Å². The molecule has 1 amide bonds. The largest absolute Gasteiger partial charge is 0.466 e. The van der Waals surface area contributed by atoms with Crippen molar-refractivity contribution in [1.29, 1.82) is 0 Å². The fourth-order valence-electron chi connectivity index (χ4n) is 2.98. The Morgan fingerprint density at radius 1 is 1.30 bits per heavy atom. The van der Waals surface area contributed by atoms with E-state index in [1.165, 1.54) is 6.42 Å². The van der Waals surface area contributed by atoms with Gasteiger partial charge in [0.25, 0.3) is 5.91 Å². The van der Waals surface area contributed by atoms with Gasteiger partial charge in [0.15, 0.2) is 0 Å². The molecule has 126 valence electrons. The van der Waals surface area contributed by atoms with Gasteiger partial charge in [0.1, 0.15) is 0 Å². The minimum atomic E-state index is -0.256. The van der Waals surface area contributed by atoms with Gasteiger partial charge in [-0.1, -0.05) is 19.3 Å². The van der Waals surface area contributed by atoms with Gasteiger partial charge >= 0.3 is 5.97 Å². The third kappa shape index (κ3) is 5.30. The number of rotatable bonds is 6. The van der Waals surface area contributed by atoms with Crippen molar-refractivity contribution < 1.29 is 14.3 Å². The summed E-state index contributed by atoms with van der Waals surface area (Å²) in [6.07, 6.45) is 8.93. The molecule has 6 heteroatoms. The highest BCUT2D eigenvalue weighted by Gasteiger charge is 2.27. The van der Waals surface area contributed by atoms with E-state index in [0.29, 0.717) is 18.7 Å². The maximum Gasteiger partial charge on any atom is 0.307 e. The molecule has 0 aromatic carbocycles. The van der Waals surface area contributed by atoms with Crippen molar-refractivity contribution in [2.45, 2.75) is 51.5 Å². The van der Waals surface area contributed by atoms with Gasteiger partial charge in [-0.15, -0.1) is 0 Å². The normalized spacial score (nSPS) is 15.2. The van der Waals surface area contributed by atoms with E-state index in [9.17, 15) is 9.59 Å². The summed E-state index contributed by atoms with van der Waals surface area (Å²) in [4.78, 5) is 30.4. The fourth-order valence-corrected chi connectivity index (χ4v) is 3.35. The zero-order valence-corrected chi connectivity index (χ0v) is 15.0. The Bertz CT molecular complexity index is 544. The van der Waals surface area contributed by atoms with Crippen molar-refractivity contribution in [1.82, 2.24) is 9.88 Å². The van der Waals surface area contributed by atoms with Crippen LogP contribution in [-0.4, -0.2) is 41.0 Å². The maximum atomic E-state index is 12.9. The van der Waals surface area contributed by atoms with E-state index >= 15 is 0 Å². The van der Waals surface area contributed by atoms with Gasteiger partial charge in [-0.05, 0) is 41.8 Å². The monoisotopic (exact) mass is 382 g/mol. The lowest BCUT2D eigenvalue weighted by atomic mass is 9.93. The molecule has 1 saturated carbocycles. The molecule has 0 bridgehead atoms. The topological polar surface area (TPSA) is 59.5 Å². The first kappa shape index (κ1) is 17.9. The lowest BCUT2D eigenvalue weighted by Crippen LogP contribution is -2.42.